The summed E-state index contributed by atoms with van der Waals surface area (Å²) in [5.74, 6) is -2.08. The standard InChI is InChI=1S/C30H32F3N3O5S/c1-17-13-18(2)26(19(3)14-17)35-29(40)34-23-15-24(20-9-11-22(12-10-20)41-30(31,32)33)42-27(23)28(39)36(16-25(37)38)21-7-5-4-6-8-21/h9-15,21H,4-8,16H2,1-3H3,(H,37,38)(H2,34,35,40). The lowest BCUT2D eigenvalue weighted by atomic mass is 9.94. The van der Waals surface area contributed by atoms with E-state index in [1.807, 2.05) is 32.9 Å². The summed E-state index contributed by atoms with van der Waals surface area (Å²) in [6, 6.07) is 9.72. The highest BCUT2D eigenvalue weighted by atomic mass is 32.1. The van der Waals surface area contributed by atoms with E-state index >= 15 is 0 Å². The number of amides is 3. The zero-order valence-electron chi connectivity index (χ0n) is 23.4. The molecule has 0 atom stereocenters. The number of carbonyl (C=O) groups excluding carboxylic acids is 2. The van der Waals surface area contributed by atoms with E-state index in [1.54, 1.807) is 6.07 Å². The Morgan fingerprint density at radius 2 is 1.60 bits per heavy atom. The molecule has 0 unspecified atom stereocenters. The Hall–Kier alpha value is -4.06. The molecule has 3 aromatic rings. The Balaban J connectivity index is 1.68. The minimum Gasteiger partial charge on any atom is -0.480 e. The molecule has 8 nitrogen and oxygen atoms in total. The number of hydrogen-bond donors (Lipinski definition) is 3. The van der Waals surface area contributed by atoms with E-state index in [-0.39, 0.29) is 16.6 Å². The number of carboxylic acids is 1. The predicted octanol–water partition coefficient (Wildman–Crippen LogP) is 7.74. The molecular weight excluding hydrogens is 571 g/mol. The lowest BCUT2D eigenvalue weighted by Crippen LogP contribution is -2.44. The number of rotatable bonds is 8. The van der Waals surface area contributed by atoms with E-state index in [0.717, 1.165) is 59.4 Å². The van der Waals surface area contributed by atoms with Crippen molar-refractivity contribution in [1.29, 1.82) is 0 Å². The van der Waals surface area contributed by atoms with Gasteiger partial charge in [0, 0.05) is 16.6 Å². The van der Waals surface area contributed by atoms with Gasteiger partial charge in [-0.05, 0) is 80.6 Å². The number of halogens is 3. The molecule has 0 saturated heterocycles. The normalized spacial score (nSPS) is 13.9. The molecule has 0 bridgehead atoms. The third kappa shape index (κ3) is 7.81. The maximum Gasteiger partial charge on any atom is 0.573 e. The summed E-state index contributed by atoms with van der Waals surface area (Å²) in [4.78, 5) is 40.8. The number of benzene rings is 2. The monoisotopic (exact) mass is 603 g/mol. The molecule has 1 fully saturated rings. The van der Waals surface area contributed by atoms with Gasteiger partial charge < -0.3 is 25.4 Å². The average Bonchev–Trinajstić information content (AvgIpc) is 3.32. The van der Waals surface area contributed by atoms with Crippen molar-refractivity contribution in [2.24, 2.45) is 0 Å². The van der Waals surface area contributed by atoms with E-state index in [2.05, 4.69) is 15.4 Å². The van der Waals surface area contributed by atoms with Gasteiger partial charge in [0.05, 0.1) is 5.69 Å². The molecule has 2 aromatic carbocycles. The zero-order chi connectivity index (χ0) is 30.6. The minimum absolute atomic E-state index is 0.125. The predicted molar refractivity (Wildman–Crippen MR) is 155 cm³/mol. The molecule has 42 heavy (non-hydrogen) atoms. The van der Waals surface area contributed by atoms with Crippen LogP contribution in [0.1, 0.15) is 58.5 Å². The number of hydrogen-bond acceptors (Lipinski definition) is 5. The van der Waals surface area contributed by atoms with Gasteiger partial charge in [0.15, 0.2) is 0 Å². The highest BCUT2D eigenvalue weighted by Crippen LogP contribution is 2.38. The summed E-state index contributed by atoms with van der Waals surface area (Å²) in [6.07, 6.45) is -0.735. The zero-order valence-corrected chi connectivity index (χ0v) is 24.2. The molecule has 0 spiro atoms. The van der Waals surface area contributed by atoms with Crippen LogP contribution in [-0.2, 0) is 4.79 Å². The third-order valence-electron chi connectivity index (χ3n) is 7.04. The van der Waals surface area contributed by atoms with Crippen LogP contribution in [0.3, 0.4) is 0 Å². The Morgan fingerprint density at radius 3 is 2.17 bits per heavy atom. The van der Waals surface area contributed by atoms with Crippen LogP contribution in [0, 0.1) is 20.8 Å². The van der Waals surface area contributed by atoms with Gasteiger partial charge in [-0.15, -0.1) is 24.5 Å². The second kappa shape index (κ2) is 12.8. The van der Waals surface area contributed by atoms with Crippen molar-refractivity contribution in [3.8, 4) is 16.2 Å². The average molecular weight is 604 g/mol. The molecule has 3 amide bonds. The minimum atomic E-state index is -4.84. The van der Waals surface area contributed by atoms with Crippen molar-refractivity contribution in [3.05, 3.63) is 64.0 Å². The van der Waals surface area contributed by atoms with Gasteiger partial charge in [0.1, 0.15) is 17.2 Å². The van der Waals surface area contributed by atoms with E-state index < -0.39 is 36.6 Å². The highest BCUT2D eigenvalue weighted by Gasteiger charge is 2.32. The van der Waals surface area contributed by atoms with Gasteiger partial charge >= 0.3 is 18.4 Å². The Bertz CT molecular complexity index is 1440. The van der Waals surface area contributed by atoms with Crippen molar-refractivity contribution in [3.63, 3.8) is 0 Å². The molecule has 1 heterocycles. The summed E-state index contributed by atoms with van der Waals surface area (Å²) >= 11 is 1.03. The molecular formula is C30H32F3N3O5S. The van der Waals surface area contributed by atoms with Gasteiger partial charge in [-0.1, -0.05) is 37.0 Å². The first-order valence-electron chi connectivity index (χ1n) is 13.5. The van der Waals surface area contributed by atoms with Gasteiger partial charge in [0.2, 0.25) is 0 Å². The molecule has 1 aliphatic carbocycles. The summed E-state index contributed by atoms with van der Waals surface area (Å²) in [5.41, 5.74) is 4.04. The number of urea groups is 1. The number of alkyl halides is 3. The maximum atomic E-state index is 13.9. The Kier molecular flexibility index (Phi) is 9.45. The number of carbonyl (C=O) groups is 3. The quantitative estimate of drug-likeness (QED) is 0.244. The van der Waals surface area contributed by atoms with Crippen molar-refractivity contribution in [2.75, 3.05) is 17.2 Å². The molecule has 224 valence electrons. The van der Waals surface area contributed by atoms with Crippen molar-refractivity contribution < 1.29 is 37.4 Å². The molecule has 12 heteroatoms. The molecule has 1 aromatic heterocycles. The number of nitrogens with one attached hydrogen (secondary N) is 2. The van der Waals surface area contributed by atoms with Gasteiger partial charge in [-0.25, -0.2) is 4.79 Å². The fourth-order valence-electron chi connectivity index (χ4n) is 5.29. The summed E-state index contributed by atoms with van der Waals surface area (Å²) < 4.78 is 41.8. The summed E-state index contributed by atoms with van der Waals surface area (Å²) in [5, 5.41) is 15.2. The maximum absolute atomic E-state index is 13.9. The largest absolute Gasteiger partial charge is 0.573 e. The second-order valence-electron chi connectivity index (χ2n) is 10.4. The molecule has 3 N–H and O–H groups in total. The van der Waals surface area contributed by atoms with Crippen LogP contribution < -0.4 is 15.4 Å². The topological polar surface area (TPSA) is 108 Å². The lowest BCUT2D eigenvalue weighted by molar-refractivity contribution is -0.274. The highest BCUT2D eigenvalue weighted by molar-refractivity contribution is 7.18. The van der Waals surface area contributed by atoms with Crippen LogP contribution in [0.4, 0.5) is 29.3 Å². The van der Waals surface area contributed by atoms with Crippen molar-refractivity contribution in [1.82, 2.24) is 4.90 Å². The van der Waals surface area contributed by atoms with Crippen molar-refractivity contribution >= 4 is 40.6 Å². The number of thiophene rings is 1. The molecule has 0 aliphatic heterocycles. The van der Waals surface area contributed by atoms with Crippen LogP contribution in [-0.4, -0.2) is 46.9 Å². The third-order valence-corrected chi connectivity index (χ3v) is 8.22. The summed E-state index contributed by atoms with van der Waals surface area (Å²) in [7, 11) is 0. The summed E-state index contributed by atoms with van der Waals surface area (Å²) in [6.45, 7) is 5.19. The number of ether oxygens (including phenoxy) is 1. The Labute approximate surface area is 245 Å². The first-order chi connectivity index (χ1) is 19.8. The van der Waals surface area contributed by atoms with Crippen LogP contribution in [0.15, 0.2) is 42.5 Å². The van der Waals surface area contributed by atoms with E-state index in [4.69, 9.17) is 0 Å². The number of aliphatic carboxylic acids is 1. The number of aryl methyl sites for hydroxylation is 3. The van der Waals surface area contributed by atoms with Crippen LogP contribution in [0.25, 0.3) is 10.4 Å². The van der Waals surface area contributed by atoms with Gasteiger partial charge in [-0.3, -0.25) is 9.59 Å². The molecule has 4 rings (SSSR count). The second-order valence-corrected chi connectivity index (χ2v) is 11.4. The lowest BCUT2D eigenvalue weighted by Gasteiger charge is -2.33. The van der Waals surface area contributed by atoms with Crippen LogP contribution in [0.5, 0.6) is 5.75 Å². The smallest absolute Gasteiger partial charge is 0.480 e. The number of anilines is 2. The molecule has 1 aliphatic rings. The van der Waals surface area contributed by atoms with Crippen molar-refractivity contribution in [2.45, 2.75) is 65.3 Å². The van der Waals surface area contributed by atoms with Crippen LogP contribution in [0.2, 0.25) is 0 Å². The molecule has 0 radical (unpaired) electrons. The van der Waals surface area contributed by atoms with E-state index in [0.29, 0.717) is 29.0 Å². The van der Waals surface area contributed by atoms with E-state index in [1.165, 1.54) is 17.0 Å². The fraction of sp³-hybridized carbons (Fsp3) is 0.367. The fourth-order valence-corrected chi connectivity index (χ4v) is 6.36. The first kappa shape index (κ1) is 30.9. The number of carboxylic acid groups (broad SMARTS) is 1. The first-order valence-corrected chi connectivity index (χ1v) is 14.3. The number of nitrogens with zero attached hydrogens (tertiary/aromatic N) is 1. The van der Waals surface area contributed by atoms with Gasteiger partial charge in [-0.2, -0.15) is 0 Å². The molecule has 1 saturated carbocycles. The SMILES string of the molecule is Cc1cc(C)c(NC(=O)Nc2cc(-c3ccc(OC(F)(F)F)cc3)sc2C(=O)N(CC(=O)O)C2CCCCC2)c(C)c1. The van der Waals surface area contributed by atoms with E-state index in [9.17, 15) is 32.7 Å². The van der Waals surface area contributed by atoms with Gasteiger partial charge in [0.25, 0.3) is 5.91 Å². The van der Waals surface area contributed by atoms with Crippen LogP contribution >= 0.6 is 11.3 Å². The Morgan fingerprint density at radius 1 is 0.976 bits per heavy atom.